The van der Waals surface area contributed by atoms with Gasteiger partial charge in [-0.25, -0.2) is 4.39 Å². The van der Waals surface area contributed by atoms with Crippen LogP contribution in [0.4, 0.5) is 4.39 Å². The lowest BCUT2D eigenvalue weighted by molar-refractivity contribution is 0.174. The van der Waals surface area contributed by atoms with Gasteiger partial charge in [-0.3, -0.25) is 5.73 Å². The predicted molar refractivity (Wildman–Crippen MR) is 40.6 cm³/mol. The number of alkyl halides is 1. The average molecular weight is 169 g/mol. The number of nitrogens with two attached hydrogens (primary N) is 1. The van der Waals surface area contributed by atoms with Crippen molar-refractivity contribution in [2.75, 3.05) is 6.79 Å². The fourth-order valence-electron chi connectivity index (χ4n) is 1.08. The molecule has 64 valence electrons. The molecule has 1 aliphatic heterocycles. The fourth-order valence-corrected chi connectivity index (χ4v) is 1.08. The van der Waals surface area contributed by atoms with E-state index in [1.54, 1.807) is 18.2 Å². The molecule has 2 N–H and O–H groups in total. The molecule has 0 saturated carbocycles. The molecule has 0 bridgehead atoms. The number of ether oxygens (including phenoxy) is 2. The molecule has 1 unspecified atom stereocenters. The molecule has 0 aromatic heterocycles. The Labute approximate surface area is 68.9 Å². The summed E-state index contributed by atoms with van der Waals surface area (Å²) in [5.41, 5.74) is 5.45. The minimum Gasteiger partial charge on any atom is -0.454 e. The first kappa shape index (κ1) is 7.36. The molecular weight excluding hydrogens is 161 g/mol. The van der Waals surface area contributed by atoms with Crippen LogP contribution in [-0.2, 0) is 0 Å². The normalized spacial score (nSPS) is 16.2. The SMILES string of the molecule is NC(F)c1ccc2c(c1)OCO2. The fraction of sp³-hybridized carbons (Fsp3) is 0.250. The monoisotopic (exact) mass is 169 g/mol. The quantitative estimate of drug-likeness (QED) is 0.645. The summed E-state index contributed by atoms with van der Waals surface area (Å²) < 4.78 is 22.7. The van der Waals surface area contributed by atoms with Crippen LogP contribution in [0.25, 0.3) is 0 Å². The van der Waals surface area contributed by atoms with Crippen molar-refractivity contribution in [1.82, 2.24) is 0 Å². The van der Waals surface area contributed by atoms with Crippen LogP contribution < -0.4 is 15.2 Å². The van der Waals surface area contributed by atoms with E-state index in [1.807, 2.05) is 0 Å². The Balaban J connectivity index is 2.39. The van der Waals surface area contributed by atoms with Gasteiger partial charge < -0.3 is 9.47 Å². The highest BCUT2D eigenvalue weighted by Gasteiger charge is 2.14. The van der Waals surface area contributed by atoms with Crippen molar-refractivity contribution in [1.29, 1.82) is 0 Å². The van der Waals surface area contributed by atoms with Gasteiger partial charge in [-0.15, -0.1) is 0 Å². The van der Waals surface area contributed by atoms with Gasteiger partial charge in [0.15, 0.2) is 17.8 Å². The molecule has 1 aromatic carbocycles. The van der Waals surface area contributed by atoms with E-state index >= 15 is 0 Å². The van der Waals surface area contributed by atoms with Gasteiger partial charge in [0, 0.05) is 5.56 Å². The standard InChI is InChI=1S/C8H8FNO2/c9-8(10)5-1-2-6-7(3-5)12-4-11-6/h1-3,8H,4,10H2. The predicted octanol–water partition coefficient (Wildman–Crippen LogP) is 1.34. The highest BCUT2D eigenvalue weighted by molar-refractivity contribution is 5.44. The second kappa shape index (κ2) is 2.64. The minimum atomic E-state index is -1.46. The highest BCUT2D eigenvalue weighted by atomic mass is 19.1. The molecule has 2 rings (SSSR count). The van der Waals surface area contributed by atoms with Gasteiger partial charge in [0.25, 0.3) is 0 Å². The van der Waals surface area contributed by atoms with E-state index in [4.69, 9.17) is 15.2 Å². The Morgan fingerprint density at radius 1 is 1.33 bits per heavy atom. The zero-order chi connectivity index (χ0) is 8.55. The van der Waals surface area contributed by atoms with Gasteiger partial charge in [0.05, 0.1) is 0 Å². The third kappa shape index (κ3) is 1.10. The molecule has 0 spiro atoms. The number of hydrogen-bond acceptors (Lipinski definition) is 3. The molecule has 4 heteroatoms. The first-order chi connectivity index (χ1) is 5.77. The molecule has 1 heterocycles. The molecule has 1 aromatic rings. The van der Waals surface area contributed by atoms with E-state index in [0.29, 0.717) is 17.1 Å². The Kier molecular flexibility index (Phi) is 1.62. The molecule has 0 aliphatic carbocycles. The van der Waals surface area contributed by atoms with E-state index < -0.39 is 6.30 Å². The van der Waals surface area contributed by atoms with Crippen molar-refractivity contribution >= 4 is 0 Å². The van der Waals surface area contributed by atoms with Crippen LogP contribution in [0.2, 0.25) is 0 Å². The van der Waals surface area contributed by atoms with Crippen LogP contribution in [-0.4, -0.2) is 6.79 Å². The van der Waals surface area contributed by atoms with Gasteiger partial charge in [-0.05, 0) is 12.1 Å². The van der Waals surface area contributed by atoms with Gasteiger partial charge in [0.1, 0.15) is 0 Å². The molecule has 12 heavy (non-hydrogen) atoms. The van der Waals surface area contributed by atoms with E-state index in [0.717, 1.165) is 0 Å². The molecular formula is C8H8FNO2. The van der Waals surface area contributed by atoms with Crippen LogP contribution in [0.15, 0.2) is 18.2 Å². The molecule has 0 saturated heterocycles. The van der Waals surface area contributed by atoms with E-state index in [1.165, 1.54) is 0 Å². The van der Waals surface area contributed by atoms with E-state index in [9.17, 15) is 4.39 Å². The van der Waals surface area contributed by atoms with Crippen LogP contribution >= 0.6 is 0 Å². The molecule has 0 amide bonds. The second-order valence-corrected chi connectivity index (χ2v) is 2.51. The number of rotatable bonds is 1. The lowest BCUT2D eigenvalue weighted by atomic mass is 10.2. The number of fused-ring (bicyclic) bond motifs is 1. The molecule has 1 aliphatic rings. The zero-order valence-corrected chi connectivity index (χ0v) is 6.29. The lowest BCUT2D eigenvalue weighted by Crippen LogP contribution is -2.02. The smallest absolute Gasteiger partial charge is 0.231 e. The van der Waals surface area contributed by atoms with Crippen molar-refractivity contribution in [2.45, 2.75) is 6.30 Å². The molecule has 3 nitrogen and oxygen atoms in total. The summed E-state index contributed by atoms with van der Waals surface area (Å²) >= 11 is 0. The van der Waals surface area contributed by atoms with Crippen molar-refractivity contribution in [3.63, 3.8) is 0 Å². The first-order valence-corrected chi connectivity index (χ1v) is 3.56. The zero-order valence-electron chi connectivity index (χ0n) is 6.29. The lowest BCUT2D eigenvalue weighted by Gasteiger charge is -2.02. The van der Waals surface area contributed by atoms with Gasteiger partial charge in [-0.1, -0.05) is 6.07 Å². The van der Waals surface area contributed by atoms with Crippen LogP contribution in [0.5, 0.6) is 11.5 Å². The first-order valence-electron chi connectivity index (χ1n) is 3.56. The van der Waals surface area contributed by atoms with Crippen molar-refractivity contribution < 1.29 is 13.9 Å². The largest absolute Gasteiger partial charge is 0.454 e. The average Bonchev–Trinajstić information content (AvgIpc) is 2.49. The maximum Gasteiger partial charge on any atom is 0.231 e. The number of hydrogen-bond donors (Lipinski definition) is 1. The molecule has 1 atom stereocenters. The topological polar surface area (TPSA) is 44.5 Å². The summed E-state index contributed by atoms with van der Waals surface area (Å²) in [6.45, 7) is 0.195. The Morgan fingerprint density at radius 2 is 2.08 bits per heavy atom. The Bertz CT molecular complexity index is 301. The molecule has 0 radical (unpaired) electrons. The van der Waals surface area contributed by atoms with E-state index in [2.05, 4.69) is 0 Å². The van der Waals surface area contributed by atoms with Crippen molar-refractivity contribution in [3.8, 4) is 11.5 Å². The maximum atomic E-state index is 12.6. The summed E-state index contributed by atoms with van der Waals surface area (Å²) in [6, 6.07) is 4.78. The third-order valence-electron chi connectivity index (χ3n) is 1.72. The summed E-state index contributed by atoms with van der Waals surface area (Å²) in [5.74, 6) is 1.19. The van der Waals surface area contributed by atoms with Crippen molar-refractivity contribution in [3.05, 3.63) is 23.8 Å². The number of benzene rings is 1. The van der Waals surface area contributed by atoms with Crippen LogP contribution in [0.3, 0.4) is 0 Å². The van der Waals surface area contributed by atoms with E-state index in [-0.39, 0.29) is 6.79 Å². The van der Waals surface area contributed by atoms with Crippen LogP contribution in [0, 0.1) is 0 Å². The minimum absolute atomic E-state index is 0.195. The number of halogens is 1. The maximum absolute atomic E-state index is 12.6. The second-order valence-electron chi connectivity index (χ2n) is 2.51. The summed E-state index contributed by atoms with van der Waals surface area (Å²) in [7, 11) is 0. The van der Waals surface area contributed by atoms with Gasteiger partial charge >= 0.3 is 0 Å². The summed E-state index contributed by atoms with van der Waals surface area (Å²) in [5, 5.41) is 0. The molecule has 0 fully saturated rings. The van der Waals surface area contributed by atoms with Crippen LogP contribution in [0.1, 0.15) is 11.9 Å². The van der Waals surface area contributed by atoms with Crippen molar-refractivity contribution in [2.24, 2.45) is 5.73 Å². The van der Waals surface area contributed by atoms with Gasteiger partial charge in [0.2, 0.25) is 6.79 Å². The summed E-state index contributed by atoms with van der Waals surface area (Å²) in [4.78, 5) is 0. The Hall–Kier alpha value is -1.29. The Morgan fingerprint density at radius 3 is 2.83 bits per heavy atom. The highest BCUT2D eigenvalue weighted by Crippen LogP contribution is 2.33. The van der Waals surface area contributed by atoms with Gasteiger partial charge in [-0.2, -0.15) is 0 Å². The third-order valence-corrected chi connectivity index (χ3v) is 1.72. The summed E-state index contributed by atoms with van der Waals surface area (Å²) in [6.07, 6.45) is -1.46.